The van der Waals surface area contributed by atoms with Crippen LogP contribution in [0.15, 0.2) is 18.2 Å². The van der Waals surface area contributed by atoms with Gasteiger partial charge < -0.3 is 16.6 Å². The Bertz CT molecular complexity index is 760. The Labute approximate surface area is 140 Å². The van der Waals surface area contributed by atoms with Crippen LogP contribution in [0.25, 0.3) is 5.69 Å². The molecule has 7 heteroatoms. The second-order valence-corrected chi connectivity index (χ2v) is 6.56. The number of amides is 1. The van der Waals surface area contributed by atoms with Crippen LogP contribution >= 0.6 is 0 Å². The van der Waals surface area contributed by atoms with Crippen molar-refractivity contribution >= 4 is 5.91 Å². The van der Waals surface area contributed by atoms with Gasteiger partial charge in [0, 0.05) is 12.0 Å². The summed E-state index contributed by atoms with van der Waals surface area (Å²) in [6, 6.07) is 5.71. The summed E-state index contributed by atoms with van der Waals surface area (Å²) in [6.07, 6.45) is 0.631. The Morgan fingerprint density at radius 2 is 2.12 bits per heavy atom. The second kappa shape index (κ2) is 6.33. The third-order valence-corrected chi connectivity index (χ3v) is 4.75. The summed E-state index contributed by atoms with van der Waals surface area (Å²) in [6.45, 7) is 4.06. The van der Waals surface area contributed by atoms with Crippen LogP contribution in [0.2, 0.25) is 0 Å². The number of aliphatic hydroxyl groups excluding tert-OH is 1. The summed E-state index contributed by atoms with van der Waals surface area (Å²) in [7, 11) is 0. The largest absolute Gasteiger partial charge is 0.391 e. The number of aliphatic hydroxyl groups is 1. The van der Waals surface area contributed by atoms with Gasteiger partial charge in [-0.05, 0) is 43.9 Å². The fourth-order valence-electron chi connectivity index (χ4n) is 3.26. The summed E-state index contributed by atoms with van der Waals surface area (Å²) < 4.78 is 1.77. The Morgan fingerprint density at radius 1 is 1.38 bits per heavy atom. The van der Waals surface area contributed by atoms with E-state index in [9.17, 15) is 9.90 Å². The van der Waals surface area contributed by atoms with Crippen LogP contribution in [0.4, 0.5) is 0 Å². The minimum Gasteiger partial charge on any atom is -0.391 e. The lowest BCUT2D eigenvalue weighted by molar-refractivity contribution is -0.117. The number of hydrogen-bond donors (Lipinski definition) is 3. The first kappa shape index (κ1) is 16.6. The van der Waals surface area contributed by atoms with Gasteiger partial charge in [-0.25, -0.2) is 9.67 Å². The molecule has 1 aromatic carbocycles. The zero-order valence-corrected chi connectivity index (χ0v) is 13.9. The number of nitrogens with zero attached hydrogens (tertiary/aromatic N) is 3. The van der Waals surface area contributed by atoms with E-state index in [0.29, 0.717) is 18.7 Å². The molecule has 1 heterocycles. The molecule has 0 radical (unpaired) electrons. The molecule has 1 aliphatic rings. The van der Waals surface area contributed by atoms with Gasteiger partial charge in [-0.15, -0.1) is 0 Å². The predicted molar refractivity (Wildman–Crippen MR) is 89.7 cm³/mol. The van der Waals surface area contributed by atoms with Gasteiger partial charge in [0.15, 0.2) is 5.82 Å². The number of carbonyl (C=O) groups is 1. The van der Waals surface area contributed by atoms with Crippen molar-refractivity contribution in [3.63, 3.8) is 0 Å². The van der Waals surface area contributed by atoms with E-state index < -0.39 is 12.0 Å². The van der Waals surface area contributed by atoms with Crippen LogP contribution < -0.4 is 11.5 Å². The van der Waals surface area contributed by atoms with Crippen molar-refractivity contribution in [3.8, 4) is 5.69 Å². The molecule has 1 amide bonds. The lowest BCUT2D eigenvalue weighted by Crippen LogP contribution is -2.28. The van der Waals surface area contributed by atoms with Crippen LogP contribution in [-0.2, 0) is 11.2 Å². The number of nitrogens with two attached hydrogens (primary N) is 2. The molecule has 128 valence electrons. The molecule has 5 N–H and O–H groups in total. The standard InChI is InChI=1S/C17H23N5O2/c1-9-4-3-5-13(10(9)2)22-17(11-6-12(18)14(23)7-11)20-16(21-22)8-15(19)24/h3-5,11-12,14,23H,6-8,18H2,1-2H3,(H2,19,24)/t11-,12-,14-/m0/s1. The van der Waals surface area contributed by atoms with Gasteiger partial charge in [0.2, 0.25) is 5.91 Å². The van der Waals surface area contributed by atoms with E-state index in [4.69, 9.17) is 11.5 Å². The van der Waals surface area contributed by atoms with Crippen molar-refractivity contribution in [2.45, 2.75) is 51.2 Å². The van der Waals surface area contributed by atoms with Crippen LogP contribution in [0.3, 0.4) is 0 Å². The molecule has 3 rings (SSSR count). The quantitative estimate of drug-likeness (QED) is 0.753. The molecule has 24 heavy (non-hydrogen) atoms. The first-order chi connectivity index (χ1) is 11.4. The van der Waals surface area contributed by atoms with E-state index in [2.05, 4.69) is 10.1 Å². The van der Waals surface area contributed by atoms with Gasteiger partial charge in [-0.3, -0.25) is 4.79 Å². The van der Waals surface area contributed by atoms with E-state index in [1.165, 1.54) is 0 Å². The molecule has 7 nitrogen and oxygen atoms in total. The maximum atomic E-state index is 11.2. The molecule has 1 aromatic heterocycles. The molecule has 3 atom stereocenters. The van der Waals surface area contributed by atoms with Crippen molar-refractivity contribution in [2.24, 2.45) is 11.5 Å². The number of aromatic nitrogens is 3. The number of primary amides is 1. The van der Waals surface area contributed by atoms with Crippen molar-refractivity contribution in [3.05, 3.63) is 41.0 Å². The molecule has 0 unspecified atom stereocenters. The first-order valence-electron chi connectivity index (χ1n) is 8.11. The number of carbonyl (C=O) groups excluding carboxylic acids is 1. The third-order valence-electron chi connectivity index (χ3n) is 4.75. The average molecular weight is 329 g/mol. The minimum absolute atomic E-state index is 0.00374. The van der Waals surface area contributed by atoms with Gasteiger partial charge >= 0.3 is 0 Å². The average Bonchev–Trinajstić information content (AvgIpc) is 3.05. The first-order valence-corrected chi connectivity index (χ1v) is 8.11. The van der Waals surface area contributed by atoms with E-state index in [0.717, 1.165) is 22.6 Å². The topological polar surface area (TPSA) is 120 Å². The normalized spacial score (nSPS) is 23.6. The van der Waals surface area contributed by atoms with Crippen LogP contribution in [0.5, 0.6) is 0 Å². The number of aryl methyl sites for hydroxylation is 1. The fraction of sp³-hybridized carbons (Fsp3) is 0.471. The van der Waals surface area contributed by atoms with Crippen LogP contribution in [0, 0.1) is 13.8 Å². The van der Waals surface area contributed by atoms with Crippen LogP contribution in [-0.4, -0.2) is 37.9 Å². The summed E-state index contributed by atoms with van der Waals surface area (Å²) in [5, 5.41) is 14.5. The van der Waals surface area contributed by atoms with Crippen molar-refractivity contribution in [1.29, 1.82) is 0 Å². The molecular formula is C17H23N5O2. The number of hydrogen-bond acceptors (Lipinski definition) is 5. The predicted octanol–water partition coefficient (Wildman–Crippen LogP) is 0.478. The Hall–Kier alpha value is -2.25. The summed E-state index contributed by atoms with van der Waals surface area (Å²) >= 11 is 0. The van der Waals surface area contributed by atoms with Crippen molar-refractivity contribution < 1.29 is 9.90 Å². The highest BCUT2D eigenvalue weighted by Crippen LogP contribution is 2.34. The summed E-state index contributed by atoms with van der Waals surface area (Å²) in [5.41, 5.74) is 14.4. The third kappa shape index (κ3) is 3.05. The maximum absolute atomic E-state index is 11.2. The number of benzene rings is 1. The van der Waals surface area contributed by atoms with E-state index in [-0.39, 0.29) is 18.4 Å². The summed E-state index contributed by atoms with van der Waals surface area (Å²) in [5.74, 6) is 0.659. The van der Waals surface area contributed by atoms with Crippen LogP contribution in [0.1, 0.15) is 41.5 Å². The SMILES string of the molecule is Cc1cccc(-n2nc(CC(N)=O)nc2[C@H]2C[C@H](N)[C@@H](O)C2)c1C. The van der Waals surface area contributed by atoms with Gasteiger partial charge in [0.1, 0.15) is 5.82 Å². The summed E-state index contributed by atoms with van der Waals surface area (Å²) in [4.78, 5) is 15.8. The smallest absolute Gasteiger partial charge is 0.225 e. The lowest BCUT2D eigenvalue weighted by Gasteiger charge is -2.14. The molecule has 0 bridgehead atoms. The zero-order chi connectivity index (χ0) is 17.4. The van der Waals surface area contributed by atoms with E-state index >= 15 is 0 Å². The molecule has 1 fully saturated rings. The van der Waals surface area contributed by atoms with Gasteiger partial charge in [-0.2, -0.15) is 5.10 Å². The van der Waals surface area contributed by atoms with E-state index in [1.807, 2.05) is 32.0 Å². The van der Waals surface area contributed by atoms with Crippen molar-refractivity contribution in [1.82, 2.24) is 14.8 Å². The number of rotatable bonds is 4. The van der Waals surface area contributed by atoms with Gasteiger partial charge in [-0.1, -0.05) is 12.1 Å². The highest BCUT2D eigenvalue weighted by atomic mass is 16.3. The van der Waals surface area contributed by atoms with Crippen molar-refractivity contribution in [2.75, 3.05) is 0 Å². The molecular weight excluding hydrogens is 306 g/mol. The Balaban J connectivity index is 2.08. The Morgan fingerprint density at radius 3 is 2.75 bits per heavy atom. The van der Waals surface area contributed by atoms with Gasteiger partial charge in [0.05, 0.1) is 18.2 Å². The molecule has 1 aliphatic carbocycles. The molecule has 0 saturated heterocycles. The minimum atomic E-state index is -0.543. The molecule has 0 spiro atoms. The maximum Gasteiger partial charge on any atom is 0.225 e. The molecule has 0 aliphatic heterocycles. The fourth-order valence-corrected chi connectivity index (χ4v) is 3.26. The molecule has 2 aromatic rings. The monoisotopic (exact) mass is 329 g/mol. The Kier molecular flexibility index (Phi) is 4.38. The second-order valence-electron chi connectivity index (χ2n) is 6.56. The lowest BCUT2D eigenvalue weighted by atomic mass is 10.1. The van der Waals surface area contributed by atoms with E-state index in [1.54, 1.807) is 4.68 Å². The molecule has 1 saturated carbocycles. The zero-order valence-electron chi connectivity index (χ0n) is 13.9. The highest BCUT2D eigenvalue weighted by Gasteiger charge is 2.35. The van der Waals surface area contributed by atoms with Gasteiger partial charge in [0.25, 0.3) is 0 Å². The highest BCUT2D eigenvalue weighted by molar-refractivity contribution is 5.75.